The minimum absolute atomic E-state index is 0.219. The molecule has 2 rings (SSSR count). The van der Waals surface area contributed by atoms with E-state index in [0.29, 0.717) is 13.3 Å². The molecule has 23 heavy (non-hydrogen) atoms. The molecule has 1 aliphatic heterocycles. The topological polar surface area (TPSA) is 71.0 Å². The van der Waals surface area contributed by atoms with E-state index < -0.39 is 12.0 Å². The maximum absolute atomic E-state index is 11.5. The summed E-state index contributed by atoms with van der Waals surface area (Å²) in [5.41, 5.74) is 1.17. The number of piperidine rings is 1. The maximum Gasteiger partial charge on any atom is 0.325 e. The molecule has 1 saturated heterocycles. The summed E-state index contributed by atoms with van der Waals surface area (Å²) in [5, 5.41) is 12.4. The molecule has 1 aromatic carbocycles. The van der Waals surface area contributed by atoms with E-state index in [1.54, 1.807) is 0 Å². The lowest BCUT2D eigenvalue weighted by Gasteiger charge is -2.33. The minimum atomic E-state index is -0.633. The molecule has 0 bridgehead atoms. The molecule has 0 amide bonds. The van der Waals surface area contributed by atoms with E-state index in [1.165, 1.54) is 12.7 Å². The molecule has 0 radical (unpaired) electrons. The van der Waals surface area contributed by atoms with E-state index in [-0.39, 0.29) is 12.6 Å². The average Bonchev–Trinajstić information content (AvgIpc) is 2.61. The third kappa shape index (κ3) is 5.91. The number of benzene rings is 1. The number of carbonyl (C=O) groups excluding carboxylic acids is 1. The van der Waals surface area contributed by atoms with Crippen molar-refractivity contribution in [3.05, 3.63) is 35.9 Å². The standard InChI is InChI=1S/C17H26N2O4/c1-22-17(21)16(11-20)18-15-7-9-19(10-8-15)13-23-12-14-5-3-2-4-6-14/h2-6,15-16,18,20H,7-13H2,1H3. The van der Waals surface area contributed by atoms with Gasteiger partial charge in [-0.2, -0.15) is 0 Å². The predicted octanol–water partition coefficient (Wildman–Crippen LogP) is 0.749. The van der Waals surface area contributed by atoms with Crippen molar-refractivity contribution in [2.75, 3.05) is 33.5 Å². The zero-order chi connectivity index (χ0) is 16.5. The number of esters is 1. The zero-order valence-electron chi connectivity index (χ0n) is 13.6. The van der Waals surface area contributed by atoms with Crippen molar-refractivity contribution in [3.63, 3.8) is 0 Å². The quantitative estimate of drug-likeness (QED) is 0.688. The molecular formula is C17H26N2O4. The summed E-state index contributed by atoms with van der Waals surface area (Å²) >= 11 is 0. The van der Waals surface area contributed by atoms with Crippen molar-refractivity contribution >= 4 is 5.97 Å². The molecular weight excluding hydrogens is 296 g/mol. The number of hydrogen-bond donors (Lipinski definition) is 2. The number of nitrogens with zero attached hydrogens (tertiary/aromatic N) is 1. The van der Waals surface area contributed by atoms with E-state index in [9.17, 15) is 9.90 Å². The summed E-state index contributed by atoms with van der Waals surface area (Å²) in [6.07, 6.45) is 1.84. The molecule has 1 atom stereocenters. The van der Waals surface area contributed by atoms with Gasteiger partial charge in [0.2, 0.25) is 0 Å². The van der Waals surface area contributed by atoms with Crippen molar-refractivity contribution in [2.24, 2.45) is 0 Å². The fourth-order valence-electron chi connectivity index (χ4n) is 2.72. The van der Waals surface area contributed by atoms with E-state index >= 15 is 0 Å². The Hall–Kier alpha value is -1.47. The molecule has 1 heterocycles. The van der Waals surface area contributed by atoms with Crippen molar-refractivity contribution in [1.29, 1.82) is 0 Å². The van der Waals surface area contributed by atoms with Gasteiger partial charge < -0.3 is 14.6 Å². The minimum Gasteiger partial charge on any atom is -0.468 e. The van der Waals surface area contributed by atoms with Crippen LogP contribution < -0.4 is 5.32 Å². The van der Waals surface area contributed by atoms with Crippen molar-refractivity contribution in [1.82, 2.24) is 10.2 Å². The number of carbonyl (C=O) groups is 1. The van der Waals surface area contributed by atoms with Crippen molar-refractivity contribution in [3.8, 4) is 0 Å². The van der Waals surface area contributed by atoms with Crippen LogP contribution in [0.3, 0.4) is 0 Å². The smallest absolute Gasteiger partial charge is 0.325 e. The van der Waals surface area contributed by atoms with Crippen LogP contribution in [0.4, 0.5) is 0 Å². The van der Waals surface area contributed by atoms with Gasteiger partial charge in [-0.1, -0.05) is 30.3 Å². The second-order valence-electron chi connectivity index (χ2n) is 5.78. The summed E-state index contributed by atoms with van der Waals surface area (Å²) in [5.74, 6) is -0.416. The van der Waals surface area contributed by atoms with Crippen LogP contribution in [-0.4, -0.2) is 61.6 Å². The number of methoxy groups -OCH3 is 1. The van der Waals surface area contributed by atoms with Crippen LogP contribution in [0.15, 0.2) is 30.3 Å². The van der Waals surface area contributed by atoms with Gasteiger partial charge in [-0.3, -0.25) is 15.0 Å². The Balaban J connectivity index is 1.64. The monoisotopic (exact) mass is 322 g/mol. The first-order valence-corrected chi connectivity index (χ1v) is 8.01. The Kier molecular flexibility index (Phi) is 7.48. The number of rotatable bonds is 8. The molecule has 1 aliphatic rings. The van der Waals surface area contributed by atoms with Crippen LogP contribution in [0, 0.1) is 0 Å². The summed E-state index contributed by atoms with van der Waals surface area (Å²) in [7, 11) is 1.33. The fourth-order valence-corrected chi connectivity index (χ4v) is 2.72. The van der Waals surface area contributed by atoms with Gasteiger partial charge in [0.15, 0.2) is 0 Å². The zero-order valence-corrected chi connectivity index (χ0v) is 13.6. The highest BCUT2D eigenvalue weighted by Gasteiger charge is 2.25. The van der Waals surface area contributed by atoms with Gasteiger partial charge in [0.1, 0.15) is 6.04 Å². The highest BCUT2D eigenvalue weighted by Crippen LogP contribution is 2.12. The van der Waals surface area contributed by atoms with E-state index in [0.717, 1.165) is 25.9 Å². The first kappa shape index (κ1) is 17.9. The van der Waals surface area contributed by atoms with Crippen molar-refractivity contribution in [2.45, 2.75) is 31.5 Å². The van der Waals surface area contributed by atoms with Gasteiger partial charge >= 0.3 is 5.97 Å². The SMILES string of the molecule is COC(=O)C(CO)NC1CCN(COCc2ccccc2)CC1. The summed E-state index contributed by atoms with van der Waals surface area (Å²) in [6, 6.07) is 9.71. The second-order valence-corrected chi connectivity index (χ2v) is 5.78. The highest BCUT2D eigenvalue weighted by atomic mass is 16.5. The van der Waals surface area contributed by atoms with Crippen LogP contribution in [0.1, 0.15) is 18.4 Å². The normalized spacial score (nSPS) is 17.8. The molecule has 2 N–H and O–H groups in total. The van der Waals surface area contributed by atoms with Gasteiger partial charge in [0.05, 0.1) is 27.1 Å². The average molecular weight is 322 g/mol. The molecule has 6 heteroatoms. The van der Waals surface area contributed by atoms with Gasteiger partial charge in [-0.15, -0.1) is 0 Å². The summed E-state index contributed by atoms with van der Waals surface area (Å²) in [6.45, 7) is 2.81. The Morgan fingerprint density at radius 1 is 1.35 bits per heavy atom. The van der Waals surface area contributed by atoms with Crippen LogP contribution in [0.5, 0.6) is 0 Å². The third-order valence-corrected chi connectivity index (χ3v) is 4.08. The van der Waals surface area contributed by atoms with Gasteiger partial charge in [0, 0.05) is 19.1 Å². The van der Waals surface area contributed by atoms with Crippen LogP contribution in [-0.2, 0) is 20.9 Å². The second kappa shape index (κ2) is 9.62. The predicted molar refractivity (Wildman–Crippen MR) is 86.7 cm³/mol. The Morgan fingerprint density at radius 2 is 2.04 bits per heavy atom. The lowest BCUT2D eigenvalue weighted by Crippen LogP contribution is -2.50. The summed E-state index contributed by atoms with van der Waals surface area (Å²) < 4.78 is 10.4. The molecule has 6 nitrogen and oxygen atoms in total. The molecule has 1 aromatic rings. The Labute approximate surface area is 137 Å². The van der Waals surface area contributed by atoms with Gasteiger partial charge in [-0.25, -0.2) is 0 Å². The number of likely N-dealkylation sites (tertiary alicyclic amines) is 1. The maximum atomic E-state index is 11.5. The molecule has 0 aromatic heterocycles. The van der Waals surface area contributed by atoms with E-state index in [1.807, 2.05) is 18.2 Å². The van der Waals surface area contributed by atoms with E-state index in [4.69, 9.17) is 4.74 Å². The highest BCUT2D eigenvalue weighted by molar-refractivity contribution is 5.75. The Bertz CT molecular complexity index is 461. The molecule has 0 spiro atoms. The van der Waals surface area contributed by atoms with Gasteiger partial charge in [0.25, 0.3) is 0 Å². The number of ether oxygens (including phenoxy) is 2. The van der Waals surface area contributed by atoms with Crippen LogP contribution >= 0.6 is 0 Å². The molecule has 128 valence electrons. The molecule has 0 saturated carbocycles. The Morgan fingerprint density at radius 3 is 2.65 bits per heavy atom. The number of aliphatic hydroxyl groups is 1. The molecule has 0 aliphatic carbocycles. The largest absolute Gasteiger partial charge is 0.468 e. The molecule has 1 fully saturated rings. The van der Waals surface area contributed by atoms with Crippen LogP contribution in [0.25, 0.3) is 0 Å². The summed E-state index contributed by atoms with van der Waals surface area (Å²) in [4.78, 5) is 13.7. The first-order valence-electron chi connectivity index (χ1n) is 8.01. The fraction of sp³-hybridized carbons (Fsp3) is 0.588. The van der Waals surface area contributed by atoms with Gasteiger partial charge in [-0.05, 0) is 18.4 Å². The number of aliphatic hydroxyl groups excluding tert-OH is 1. The molecule has 1 unspecified atom stereocenters. The lowest BCUT2D eigenvalue weighted by atomic mass is 10.0. The number of nitrogens with one attached hydrogen (secondary N) is 1. The van der Waals surface area contributed by atoms with Crippen LogP contribution in [0.2, 0.25) is 0 Å². The van der Waals surface area contributed by atoms with Crippen molar-refractivity contribution < 1.29 is 19.4 Å². The number of hydrogen-bond acceptors (Lipinski definition) is 6. The lowest BCUT2D eigenvalue weighted by molar-refractivity contribution is -0.144. The third-order valence-electron chi connectivity index (χ3n) is 4.08. The van der Waals surface area contributed by atoms with E-state index in [2.05, 4.69) is 27.1 Å². The first-order chi connectivity index (χ1) is 11.2.